The van der Waals surface area contributed by atoms with E-state index in [1.54, 1.807) is 19.0 Å². The molecule has 0 aromatic heterocycles. The highest BCUT2D eigenvalue weighted by molar-refractivity contribution is 14.0. The largest absolute Gasteiger partial charge is 0.356 e. The van der Waals surface area contributed by atoms with Gasteiger partial charge in [-0.2, -0.15) is 0 Å². The number of nitrogens with zero attached hydrogens (tertiary/aromatic N) is 2. The summed E-state index contributed by atoms with van der Waals surface area (Å²) in [6.07, 6.45) is 0.921. The van der Waals surface area contributed by atoms with Crippen molar-refractivity contribution in [1.29, 1.82) is 0 Å². The molecular weight excluding hydrogens is 403 g/mol. The number of hydrogen-bond donors (Lipinski definition) is 2. The van der Waals surface area contributed by atoms with Gasteiger partial charge in [0.2, 0.25) is 5.91 Å². The molecule has 0 saturated carbocycles. The van der Waals surface area contributed by atoms with Crippen molar-refractivity contribution in [1.82, 2.24) is 15.5 Å². The molecule has 0 spiro atoms. The Kier molecular flexibility index (Phi) is 11.5. The topological polar surface area (TPSA) is 56.7 Å². The molecule has 130 valence electrons. The Morgan fingerprint density at radius 3 is 2.39 bits per heavy atom. The van der Waals surface area contributed by atoms with Gasteiger partial charge in [0.1, 0.15) is 6.54 Å². The van der Waals surface area contributed by atoms with Crippen molar-refractivity contribution >= 4 is 35.8 Å². The number of amides is 1. The standard InChI is InChI=1S/C17H28N4O.HI/c1-14(2)12-19-17(20-13-16(22)21(3)4)18-11-10-15-8-6-5-7-9-15;/h5-9,14H,10-13H2,1-4H3,(H2,18,19,20);1H. The van der Waals surface area contributed by atoms with Crippen molar-refractivity contribution in [2.45, 2.75) is 20.3 Å². The van der Waals surface area contributed by atoms with Crippen LogP contribution in [0.25, 0.3) is 0 Å². The van der Waals surface area contributed by atoms with Crippen LogP contribution in [-0.2, 0) is 11.2 Å². The lowest BCUT2D eigenvalue weighted by Crippen LogP contribution is -2.41. The van der Waals surface area contributed by atoms with Crippen LogP contribution >= 0.6 is 24.0 Å². The minimum absolute atomic E-state index is 0. The highest BCUT2D eigenvalue weighted by atomic mass is 127. The Balaban J connectivity index is 0.00000484. The zero-order valence-electron chi connectivity index (χ0n) is 14.5. The second-order valence-electron chi connectivity index (χ2n) is 5.89. The van der Waals surface area contributed by atoms with Crippen LogP contribution in [0.15, 0.2) is 35.3 Å². The van der Waals surface area contributed by atoms with Gasteiger partial charge in [-0.1, -0.05) is 44.2 Å². The van der Waals surface area contributed by atoms with E-state index in [0.29, 0.717) is 11.9 Å². The molecule has 1 amide bonds. The van der Waals surface area contributed by atoms with Crippen molar-refractivity contribution in [3.8, 4) is 0 Å². The molecule has 0 radical (unpaired) electrons. The molecular formula is C17H29IN4O. The second kappa shape index (κ2) is 12.2. The lowest BCUT2D eigenvalue weighted by Gasteiger charge is -2.15. The van der Waals surface area contributed by atoms with Crippen molar-refractivity contribution in [2.75, 3.05) is 33.7 Å². The maximum absolute atomic E-state index is 11.6. The van der Waals surface area contributed by atoms with Crippen molar-refractivity contribution in [2.24, 2.45) is 10.9 Å². The number of nitrogens with one attached hydrogen (secondary N) is 2. The van der Waals surface area contributed by atoms with E-state index < -0.39 is 0 Å². The zero-order valence-corrected chi connectivity index (χ0v) is 16.8. The normalized spacial score (nSPS) is 10.9. The molecule has 2 N–H and O–H groups in total. The summed E-state index contributed by atoms with van der Waals surface area (Å²) in [6, 6.07) is 10.3. The van der Waals surface area contributed by atoms with Crippen molar-refractivity contribution in [3.05, 3.63) is 35.9 Å². The smallest absolute Gasteiger partial charge is 0.243 e. The zero-order chi connectivity index (χ0) is 16.4. The van der Waals surface area contributed by atoms with Gasteiger partial charge in [0.15, 0.2) is 5.96 Å². The molecule has 0 fully saturated rings. The minimum atomic E-state index is -0.00583. The van der Waals surface area contributed by atoms with E-state index in [1.165, 1.54) is 5.56 Å². The second-order valence-corrected chi connectivity index (χ2v) is 5.89. The van der Waals surface area contributed by atoms with E-state index in [-0.39, 0.29) is 36.4 Å². The monoisotopic (exact) mass is 432 g/mol. The number of likely N-dealkylation sites (N-methyl/N-ethyl adjacent to an activating group) is 1. The first kappa shape index (κ1) is 21.7. The van der Waals surface area contributed by atoms with Gasteiger partial charge in [0, 0.05) is 27.2 Å². The fourth-order valence-corrected chi connectivity index (χ4v) is 1.73. The number of carbonyl (C=O) groups excluding carboxylic acids is 1. The minimum Gasteiger partial charge on any atom is -0.356 e. The molecule has 0 aliphatic heterocycles. The molecule has 0 bridgehead atoms. The maximum atomic E-state index is 11.6. The maximum Gasteiger partial charge on any atom is 0.243 e. The van der Waals surface area contributed by atoms with E-state index >= 15 is 0 Å². The molecule has 0 heterocycles. The van der Waals surface area contributed by atoms with Gasteiger partial charge in [-0.15, -0.1) is 24.0 Å². The molecule has 1 rings (SSSR count). The Hall–Kier alpha value is -1.31. The molecule has 6 heteroatoms. The van der Waals surface area contributed by atoms with Gasteiger partial charge in [-0.3, -0.25) is 4.79 Å². The Labute approximate surface area is 157 Å². The molecule has 0 aliphatic rings. The van der Waals surface area contributed by atoms with Crippen molar-refractivity contribution < 1.29 is 4.79 Å². The molecule has 0 aliphatic carbocycles. The Morgan fingerprint density at radius 1 is 1.17 bits per heavy atom. The average molecular weight is 432 g/mol. The van der Waals surface area contributed by atoms with Gasteiger partial charge in [0.05, 0.1) is 0 Å². The van der Waals surface area contributed by atoms with Crippen LogP contribution in [0.4, 0.5) is 0 Å². The summed E-state index contributed by atoms with van der Waals surface area (Å²) in [7, 11) is 3.48. The third-order valence-corrected chi connectivity index (χ3v) is 3.10. The van der Waals surface area contributed by atoms with E-state index in [1.807, 2.05) is 18.2 Å². The summed E-state index contributed by atoms with van der Waals surface area (Å²) in [5.74, 6) is 1.21. The Bertz CT molecular complexity index is 475. The predicted molar refractivity (Wildman–Crippen MR) is 107 cm³/mol. The summed E-state index contributed by atoms with van der Waals surface area (Å²) in [4.78, 5) is 17.5. The van der Waals surface area contributed by atoms with Gasteiger partial charge < -0.3 is 15.5 Å². The summed E-state index contributed by atoms with van der Waals surface area (Å²) >= 11 is 0. The van der Waals surface area contributed by atoms with Crippen LogP contribution in [0.5, 0.6) is 0 Å². The lowest BCUT2D eigenvalue weighted by atomic mass is 10.1. The third kappa shape index (κ3) is 10.1. The van der Waals surface area contributed by atoms with Crippen LogP contribution in [0.1, 0.15) is 19.4 Å². The number of aliphatic imine (C=N–C) groups is 1. The third-order valence-electron chi connectivity index (χ3n) is 3.10. The summed E-state index contributed by atoms with van der Waals surface area (Å²) < 4.78 is 0. The van der Waals surface area contributed by atoms with Crippen LogP contribution in [0, 0.1) is 5.92 Å². The fraction of sp³-hybridized carbons (Fsp3) is 0.529. The fourth-order valence-electron chi connectivity index (χ4n) is 1.73. The number of halogens is 1. The first-order valence-corrected chi connectivity index (χ1v) is 7.75. The summed E-state index contributed by atoms with van der Waals surface area (Å²) in [5, 5.41) is 6.55. The summed E-state index contributed by atoms with van der Waals surface area (Å²) in [6.45, 7) is 6.04. The number of rotatable bonds is 7. The average Bonchev–Trinajstić information content (AvgIpc) is 2.49. The molecule has 0 unspecified atom stereocenters. The molecule has 23 heavy (non-hydrogen) atoms. The number of carbonyl (C=O) groups is 1. The molecule has 0 atom stereocenters. The number of benzene rings is 1. The quantitative estimate of drug-likeness (QED) is 0.395. The molecule has 5 nitrogen and oxygen atoms in total. The number of guanidine groups is 1. The van der Waals surface area contributed by atoms with Gasteiger partial charge in [-0.05, 0) is 17.9 Å². The predicted octanol–water partition coefficient (Wildman–Crippen LogP) is 2.13. The number of hydrogen-bond acceptors (Lipinski definition) is 2. The SMILES string of the molecule is CC(C)CNC(=NCC(=O)N(C)C)NCCc1ccccc1.I. The van der Waals surface area contributed by atoms with Crippen molar-refractivity contribution in [3.63, 3.8) is 0 Å². The van der Waals surface area contributed by atoms with Crippen LogP contribution in [0.3, 0.4) is 0 Å². The van der Waals surface area contributed by atoms with Crippen LogP contribution < -0.4 is 10.6 Å². The molecule has 1 aromatic rings. The van der Waals surface area contributed by atoms with Crippen LogP contribution in [0.2, 0.25) is 0 Å². The highest BCUT2D eigenvalue weighted by Gasteiger charge is 2.05. The lowest BCUT2D eigenvalue weighted by molar-refractivity contribution is -0.127. The molecule has 0 saturated heterocycles. The van der Waals surface area contributed by atoms with Gasteiger partial charge >= 0.3 is 0 Å². The highest BCUT2D eigenvalue weighted by Crippen LogP contribution is 1.98. The Morgan fingerprint density at radius 2 is 1.83 bits per heavy atom. The van der Waals surface area contributed by atoms with Gasteiger partial charge in [-0.25, -0.2) is 4.99 Å². The first-order valence-electron chi connectivity index (χ1n) is 7.75. The summed E-state index contributed by atoms with van der Waals surface area (Å²) in [5.41, 5.74) is 1.28. The van der Waals surface area contributed by atoms with Gasteiger partial charge in [0.25, 0.3) is 0 Å². The first-order chi connectivity index (χ1) is 10.5. The van der Waals surface area contributed by atoms with E-state index in [4.69, 9.17) is 0 Å². The molecule has 1 aromatic carbocycles. The van der Waals surface area contributed by atoms with E-state index in [0.717, 1.165) is 19.5 Å². The van der Waals surface area contributed by atoms with E-state index in [9.17, 15) is 4.79 Å². The van der Waals surface area contributed by atoms with E-state index in [2.05, 4.69) is 41.6 Å². The van der Waals surface area contributed by atoms with Crippen LogP contribution in [-0.4, -0.2) is 50.5 Å².